The van der Waals surface area contributed by atoms with Gasteiger partial charge in [0.25, 0.3) is 5.69 Å². The van der Waals surface area contributed by atoms with Gasteiger partial charge in [-0.15, -0.1) is 0 Å². The first-order chi connectivity index (χ1) is 10.0. The predicted molar refractivity (Wildman–Crippen MR) is 82.7 cm³/mol. The van der Waals surface area contributed by atoms with E-state index >= 15 is 0 Å². The number of nitrogen functional groups attached to an aromatic ring is 1. The summed E-state index contributed by atoms with van der Waals surface area (Å²) in [5.41, 5.74) is 6.87. The molecule has 0 heterocycles. The van der Waals surface area contributed by atoms with E-state index in [2.05, 4.69) is 13.8 Å². The Labute approximate surface area is 123 Å². The predicted octanol–water partition coefficient (Wildman–Crippen LogP) is 4.48. The fraction of sp³-hybridized carbons (Fsp3) is 0.250. The molecule has 2 aromatic carbocycles. The zero-order valence-electron chi connectivity index (χ0n) is 12.1. The Morgan fingerprint density at radius 2 is 1.81 bits per heavy atom. The molecule has 0 bridgehead atoms. The van der Waals surface area contributed by atoms with Gasteiger partial charge in [-0.2, -0.15) is 0 Å². The number of ether oxygens (including phenoxy) is 1. The molecule has 2 aromatic rings. The van der Waals surface area contributed by atoms with Gasteiger partial charge in [0.05, 0.1) is 4.92 Å². The van der Waals surface area contributed by atoms with Crippen molar-refractivity contribution in [3.63, 3.8) is 0 Å². The molecule has 2 rings (SSSR count). The highest BCUT2D eigenvalue weighted by molar-refractivity contribution is 5.61. The standard InChI is InChI=1S/C16H18N2O3/c1-3-11(2)12-4-6-13(7-5-12)21-14-8-9-16(18(19)20)15(17)10-14/h4-11H,3,17H2,1-2H3. The first kappa shape index (κ1) is 14.8. The maximum absolute atomic E-state index is 10.7. The number of anilines is 1. The molecule has 0 spiro atoms. The van der Waals surface area contributed by atoms with Crippen molar-refractivity contribution in [1.82, 2.24) is 0 Å². The Kier molecular flexibility index (Phi) is 4.42. The third-order valence-electron chi connectivity index (χ3n) is 3.49. The van der Waals surface area contributed by atoms with Gasteiger partial charge >= 0.3 is 0 Å². The van der Waals surface area contributed by atoms with Gasteiger partial charge in [0, 0.05) is 12.1 Å². The molecule has 1 unspecified atom stereocenters. The second-order valence-electron chi connectivity index (χ2n) is 4.96. The van der Waals surface area contributed by atoms with Crippen LogP contribution in [0.25, 0.3) is 0 Å². The minimum Gasteiger partial charge on any atom is -0.457 e. The molecule has 21 heavy (non-hydrogen) atoms. The largest absolute Gasteiger partial charge is 0.457 e. The van der Waals surface area contributed by atoms with Crippen LogP contribution in [0.5, 0.6) is 11.5 Å². The van der Waals surface area contributed by atoms with Gasteiger partial charge in [0.2, 0.25) is 0 Å². The van der Waals surface area contributed by atoms with Crippen molar-refractivity contribution in [3.05, 3.63) is 58.1 Å². The van der Waals surface area contributed by atoms with E-state index in [1.807, 2.05) is 24.3 Å². The zero-order valence-corrected chi connectivity index (χ0v) is 12.1. The quantitative estimate of drug-likeness (QED) is 0.499. The van der Waals surface area contributed by atoms with E-state index in [0.717, 1.165) is 6.42 Å². The molecule has 0 fully saturated rings. The summed E-state index contributed by atoms with van der Waals surface area (Å²) in [7, 11) is 0. The topological polar surface area (TPSA) is 78.4 Å². The molecular weight excluding hydrogens is 268 g/mol. The van der Waals surface area contributed by atoms with E-state index in [4.69, 9.17) is 10.5 Å². The summed E-state index contributed by atoms with van der Waals surface area (Å²) in [6.07, 6.45) is 1.08. The number of rotatable bonds is 5. The molecule has 0 amide bonds. The molecule has 5 nitrogen and oxygen atoms in total. The zero-order chi connectivity index (χ0) is 15.4. The second kappa shape index (κ2) is 6.26. The van der Waals surface area contributed by atoms with Crippen LogP contribution in [0, 0.1) is 10.1 Å². The summed E-state index contributed by atoms with van der Waals surface area (Å²) in [6.45, 7) is 4.32. The minimum atomic E-state index is -0.514. The van der Waals surface area contributed by atoms with Gasteiger partial charge < -0.3 is 10.5 Å². The smallest absolute Gasteiger partial charge is 0.292 e. The highest BCUT2D eigenvalue weighted by Gasteiger charge is 2.12. The third kappa shape index (κ3) is 3.51. The van der Waals surface area contributed by atoms with Crippen molar-refractivity contribution in [2.75, 3.05) is 5.73 Å². The molecule has 5 heteroatoms. The number of benzene rings is 2. The van der Waals surface area contributed by atoms with Crippen LogP contribution < -0.4 is 10.5 Å². The molecule has 0 saturated heterocycles. The Balaban J connectivity index is 2.15. The molecule has 2 N–H and O–H groups in total. The van der Waals surface area contributed by atoms with Crippen molar-refractivity contribution in [2.24, 2.45) is 0 Å². The highest BCUT2D eigenvalue weighted by Crippen LogP contribution is 2.30. The highest BCUT2D eigenvalue weighted by atomic mass is 16.6. The maximum atomic E-state index is 10.7. The van der Waals surface area contributed by atoms with E-state index in [9.17, 15) is 10.1 Å². The maximum Gasteiger partial charge on any atom is 0.292 e. The summed E-state index contributed by atoms with van der Waals surface area (Å²) in [5, 5.41) is 10.7. The monoisotopic (exact) mass is 286 g/mol. The molecule has 110 valence electrons. The minimum absolute atomic E-state index is 0.0914. The summed E-state index contributed by atoms with van der Waals surface area (Å²) < 4.78 is 5.66. The molecular formula is C16H18N2O3. The number of nitrogens with zero attached hydrogens (tertiary/aromatic N) is 1. The van der Waals surface area contributed by atoms with Crippen LogP contribution in [-0.4, -0.2) is 4.92 Å². The van der Waals surface area contributed by atoms with Crippen LogP contribution in [-0.2, 0) is 0 Å². The molecule has 0 aliphatic rings. The third-order valence-corrected chi connectivity index (χ3v) is 3.49. The Hall–Kier alpha value is -2.56. The lowest BCUT2D eigenvalue weighted by Crippen LogP contribution is -1.96. The number of nitro benzene ring substituents is 1. The van der Waals surface area contributed by atoms with Crippen LogP contribution in [0.15, 0.2) is 42.5 Å². The van der Waals surface area contributed by atoms with Gasteiger partial charge in [0.15, 0.2) is 0 Å². The van der Waals surface area contributed by atoms with E-state index < -0.39 is 4.92 Å². The first-order valence-electron chi connectivity index (χ1n) is 6.83. The van der Waals surface area contributed by atoms with Gasteiger partial charge in [-0.1, -0.05) is 26.0 Å². The van der Waals surface area contributed by atoms with Crippen LogP contribution in [0.1, 0.15) is 31.7 Å². The number of hydrogen-bond acceptors (Lipinski definition) is 4. The Bertz CT molecular complexity index is 638. The van der Waals surface area contributed by atoms with Crippen LogP contribution in [0.2, 0.25) is 0 Å². The lowest BCUT2D eigenvalue weighted by Gasteiger charge is -2.11. The second-order valence-corrected chi connectivity index (χ2v) is 4.96. The molecule has 0 aromatic heterocycles. The average Bonchev–Trinajstić information content (AvgIpc) is 2.47. The molecule has 0 aliphatic heterocycles. The van der Waals surface area contributed by atoms with Crippen LogP contribution in [0.3, 0.4) is 0 Å². The van der Waals surface area contributed by atoms with E-state index in [0.29, 0.717) is 17.4 Å². The van der Waals surface area contributed by atoms with Gasteiger partial charge in [-0.3, -0.25) is 10.1 Å². The van der Waals surface area contributed by atoms with Crippen molar-refractivity contribution < 1.29 is 9.66 Å². The molecule has 0 radical (unpaired) electrons. The Morgan fingerprint density at radius 3 is 2.33 bits per heavy atom. The number of nitrogens with two attached hydrogens (primary N) is 1. The lowest BCUT2D eigenvalue weighted by atomic mass is 9.99. The first-order valence-corrected chi connectivity index (χ1v) is 6.83. The van der Waals surface area contributed by atoms with E-state index in [1.54, 1.807) is 0 Å². The van der Waals surface area contributed by atoms with Crippen molar-refractivity contribution in [3.8, 4) is 11.5 Å². The summed E-state index contributed by atoms with van der Waals surface area (Å²) in [4.78, 5) is 10.2. The summed E-state index contributed by atoms with van der Waals surface area (Å²) in [5.74, 6) is 1.67. The van der Waals surface area contributed by atoms with Crippen LogP contribution in [0.4, 0.5) is 11.4 Å². The Morgan fingerprint density at radius 1 is 1.19 bits per heavy atom. The summed E-state index contributed by atoms with van der Waals surface area (Å²) >= 11 is 0. The normalized spacial score (nSPS) is 11.9. The number of nitro groups is 1. The molecule has 0 aliphatic carbocycles. The van der Waals surface area contributed by atoms with Crippen LogP contribution >= 0.6 is 0 Å². The average molecular weight is 286 g/mol. The summed E-state index contributed by atoms with van der Waals surface area (Å²) in [6, 6.07) is 12.2. The van der Waals surface area contributed by atoms with Crippen molar-refractivity contribution in [2.45, 2.75) is 26.2 Å². The molecule has 1 atom stereocenters. The van der Waals surface area contributed by atoms with E-state index in [-0.39, 0.29) is 11.4 Å². The SMILES string of the molecule is CCC(C)c1ccc(Oc2ccc([N+](=O)[O-])c(N)c2)cc1. The number of hydrogen-bond donors (Lipinski definition) is 1. The van der Waals surface area contributed by atoms with Crippen molar-refractivity contribution in [1.29, 1.82) is 0 Å². The van der Waals surface area contributed by atoms with Gasteiger partial charge in [-0.05, 0) is 36.1 Å². The lowest BCUT2D eigenvalue weighted by molar-refractivity contribution is -0.383. The fourth-order valence-corrected chi connectivity index (χ4v) is 2.00. The van der Waals surface area contributed by atoms with E-state index in [1.165, 1.54) is 23.8 Å². The van der Waals surface area contributed by atoms with Gasteiger partial charge in [0.1, 0.15) is 17.2 Å². The van der Waals surface area contributed by atoms with Gasteiger partial charge in [-0.25, -0.2) is 0 Å². The van der Waals surface area contributed by atoms with Crippen molar-refractivity contribution >= 4 is 11.4 Å². The fourth-order valence-electron chi connectivity index (χ4n) is 2.00. The molecule has 0 saturated carbocycles.